The van der Waals surface area contributed by atoms with Crippen LogP contribution in [0.15, 0.2) is 0 Å². The van der Waals surface area contributed by atoms with Crippen LogP contribution in [0.4, 0.5) is 0 Å². The molecule has 0 radical (unpaired) electrons. The number of carbonyl (C=O) groups is 2. The third kappa shape index (κ3) is 4.58. The van der Waals surface area contributed by atoms with Crippen LogP contribution in [0.3, 0.4) is 0 Å². The molecular weight excluding hydrogens is 290 g/mol. The highest BCUT2D eigenvalue weighted by atomic mass is 35.5. The van der Waals surface area contributed by atoms with Gasteiger partial charge >= 0.3 is 0 Å². The summed E-state index contributed by atoms with van der Waals surface area (Å²) in [6.45, 7) is 5.74. The smallest absolute Gasteiger partial charge is 0.237 e. The molecule has 21 heavy (non-hydrogen) atoms. The number of nitrogens with one attached hydrogen (secondary N) is 2. The topological polar surface area (TPSA) is 61.4 Å². The summed E-state index contributed by atoms with van der Waals surface area (Å²) in [5, 5.41) is 5.77. The minimum Gasteiger partial charge on any atom is -0.358 e. The van der Waals surface area contributed by atoms with Crippen LogP contribution in [-0.2, 0) is 9.59 Å². The molecule has 1 heterocycles. The molecular formula is C15H28ClN3O2. The molecule has 122 valence electrons. The lowest BCUT2D eigenvalue weighted by atomic mass is 10.1. The summed E-state index contributed by atoms with van der Waals surface area (Å²) in [6, 6.07) is -0.242. The van der Waals surface area contributed by atoms with Gasteiger partial charge in [-0.15, -0.1) is 12.4 Å². The molecule has 2 rings (SSSR count). The number of hydrogen-bond acceptors (Lipinski definition) is 3. The lowest BCUT2D eigenvalue weighted by Gasteiger charge is -2.31. The summed E-state index contributed by atoms with van der Waals surface area (Å²) in [6.07, 6.45) is 4.08. The zero-order chi connectivity index (χ0) is 14.7. The van der Waals surface area contributed by atoms with Gasteiger partial charge < -0.3 is 10.6 Å². The van der Waals surface area contributed by atoms with Crippen molar-refractivity contribution in [2.24, 2.45) is 11.8 Å². The predicted octanol–water partition coefficient (Wildman–Crippen LogP) is 1.17. The number of carbonyl (C=O) groups excluding carboxylic acids is 2. The molecule has 0 spiro atoms. The van der Waals surface area contributed by atoms with E-state index in [1.165, 1.54) is 0 Å². The Morgan fingerprint density at radius 2 is 1.90 bits per heavy atom. The molecule has 0 aromatic heterocycles. The Kier molecular flexibility index (Phi) is 6.94. The maximum Gasteiger partial charge on any atom is 0.237 e. The van der Waals surface area contributed by atoms with Crippen molar-refractivity contribution >= 4 is 24.2 Å². The molecule has 2 amide bonds. The van der Waals surface area contributed by atoms with Crippen molar-refractivity contribution in [3.8, 4) is 0 Å². The third-order valence-electron chi connectivity index (χ3n) is 4.22. The van der Waals surface area contributed by atoms with Crippen LogP contribution >= 0.6 is 12.4 Å². The van der Waals surface area contributed by atoms with E-state index in [0.717, 1.165) is 32.2 Å². The fourth-order valence-electron chi connectivity index (χ4n) is 3.02. The van der Waals surface area contributed by atoms with Crippen molar-refractivity contribution in [2.75, 3.05) is 20.1 Å². The monoisotopic (exact) mass is 317 g/mol. The van der Waals surface area contributed by atoms with Crippen molar-refractivity contribution in [2.45, 2.75) is 51.6 Å². The highest BCUT2D eigenvalue weighted by Gasteiger charge is 2.45. The maximum atomic E-state index is 12.3. The number of hydrogen-bond donors (Lipinski definition) is 2. The normalized spacial score (nSPS) is 23.5. The summed E-state index contributed by atoms with van der Waals surface area (Å²) in [7, 11) is 1.68. The first-order valence-corrected chi connectivity index (χ1v) is 7.79. The van der Waals surface area contributed by atoms with E-state index in [0.29, 0.717) is 18.4 Å². The van der Waals surface area contributed by atoms with Gasteiger partial charge in [-0.2, -0.15) is 0 Å². The van der Waals surface area contributed by atoms with E-state index in [4.69, 9.17) is 0 Å². The molecule has 2 atom stereocenters. The van der Waals surface area contributed by atoms with Crippen LogP contribution in [0.25, 0.3) is 0 Å². The zero-order valence-electron chi connectivity index (χ0n) is 13.2. The minimum absolute atomic E-state index is 0. The van der Waals surface area contributed by atoms with Gasteiger partial charge in [0.25, 0.3) is 0 Å². The van der Waals surface area contributed by atoms with E-state index in [2.05, 4.69) is 29.4 Å². The number of nitrogens with zero attached hydrogens (tertiary/aromatic N) is 1. The number of rotatable bonds is 6. The second-order valence-corrected chi connectivity index (χ2v) is 6.43. The predicted molar refractivity (Wildman–Crippen MR) is 85.4 cm³/mol. The molecule has 0 aromatic rings. The Balaban J connectivity index is 0.00000220. The van der Waals surface area contributed by atoms with Crippen molar-refractivity contribution in [1.29, 1.82) is 0 Å². The van der Waals surface area contributed by atoms with Gasteiger partial charge in [0.15, 0.2) is 0 Å². The van der Waals surface area contributed by atoms with Gasteiger partial charge in [-0.3, -0.25) is 14.5 Å². The number of likely N-dealkylation sites (N-methyl/N-ethyl adjacent to an activating group) is 1. The molecule has 1 aliphatic heterocycles. The Bertz CT molecular complexity index is 372. The first-order valence-electron chi connectivity index (χ1n) is 7.79. The van der Waals surface area contributed by atoms with Crippen LogP contribution in [0.5, 0.6) is 0 Å². The Labute approximate surface area is 133 Å². The van der Waals surface area contributed by atoms with Gasteiger partial charge in [-0.1, -0.05) is 13.8 Å². The first kappa shape index (κ1) is 18.2. The van der Waals surface area contributed by atoms with Crippen LogP contribution < -0.4 is 10.6 Å². The molecule has 2 N–H and O–H groups in total. The molecule has 0 bridgehead atoms. The lowest BCUT2D eigenvalue weighted by Crippen LogP contribution is -2.54. The van der Waals surface area contributed by atoms with Gasteiger partial charge in [0.1, 0.15) is 0 Å². The molecule has 2 aliphatic rings. The fraction of sp³-hybridized carbons (Fsp3) is 0.867. The van der Waals surface area contributed by atoms with Crippen LogP contribution in [0, 0.1) is 11.8 Å². The lowest BCUT2D eigenvalue weighted by molar-refractivity contribution is -0.131. The fourth-order valence-corrected chi connectivity index (χ4v) is 3.02. The van der Waals surface area contributed by atoms with Crippen molar-refractivity contribution in [3.05, 3.63) is 0 Å². The van der Waals surface area contributed by atoms with Gasteiger partial charge in [-0.05, 0) is 44.1 Å². The van der Waals surface area contributed by atoms with Gasteiger partial charge in [0.2, 0.25) is 11.8 Å². The summed E-state index contributed by atoms with van der Waals surface area (Å²) in [5.74, 6) is 1.04. The van der Waals surface area contributed by atoms with Crippen molar-refractivity contribution < 1.29 is 9.59 Å². The van der Waals surface area contributed by atoms with Crippen LogP contribution in [0.1, 0.15) is 39.5 Å². The Morgan fingerprint density at radius 3 is 2.43 bits per heavy atom. The van der Waals surface area contributed by atoms with E-state index < -0.39 is 0 Å². The summed E-state index contributed by atoms with van der Waals surface area (Å²) >= 11 is 0. The first-order chi connectivity index (χ1) is 9.54. The van der Waals surface area contributed by atoms with E-state index >= 15 is 0 Å². The molecule has 6 heteroatoms. The maximum absolute atomic E-state index is 12.3. The second-order valence-electron chi connectivity index (χ2n) is 6.43. The summed E-state index contributed by atoms with van der Waals surface area (Å²) in [4.78, 5) is 26.6. The Morgan fingerprint density at radius 1 is 1.24 bits per heavy atom. The van der Waals surface area contributed by atoms with Gasteiger partial charge in [-0.25, -0.2) is 0 Å². The van der Waals surface area contributed by atoms with Crippen LogP contribution in [0.2, 0.25) is 0 Å². The molecule has 1 aliphatic carbocycles. The van der Waals surface area contributed by atoms with E-state index in [9.17, 15) is 9.59 Å². The SMILES string of the molecule is CNC(=O)[C@@H](C1CC1)N1CCC[C@H]1C(=O)NCC(C)C.Cl. The quantitative estimate of drug-likeness (QED) is 0.773. The molecule has 5 nitrogen and oxygen atoms in total. The summed E-state index contributed by atoms with van der Waals surface area (Å²) < 4.78 is 0. The van der Waals surface area contributed by atoms with E-state index in [1.807, 2.05) is 0 Å². The highest BCUT2D eigenvalue weighted by Crippen LogP contribution is 2.38. The highest BCUT2D eigenvalue weighted by molar-refractivity contribution is 5.86. The van der Waals surface area contributed by atoms with Crippen LogP contribution in [-0.4, -0.2) is 48.9 Å². The number of halogens is 1. The average molecular weight is 318 g/mol. The largest absolute Gasteiger partial charge is 0.358 e. The number of likely N-dealkylation sites (tertiary alicyclic amines) is 1. The standard InChI is InChI=1S/C15H27N3O2.ClH/c1-10(2)9-17-14(19)12-5-4-8-18(12)13(11-6-7-11)15(20)16-3;/h10-13H,4-9H2,1-3H3,(H,16,20)(H,17,19);1H/t12-,13+;/m0./s1. The second kappa shape index (κ2) is 7.99. The van der Waals surface area contributed by atoms with Gasteiger partial charge in [0, 0.05) is 13.6 Å². The molecule has 2 fully saturated rings. The third-order valence-corrected chi connectivity index (χ3v) is 4.22. The van der Waals surface area contributed by atoms with Gasteiger partial charge in [0.05, 0.1) is 12.1 Å². The minimum atomic E-state index is -0.128. The average Bonchev–Trinajstić information content (AvgIpc) is 3.13. The molecule has 1 saturated heterocycles. The van der Waals surface area contributed by atoms with E-state index in [1.54, 1.807) is 7.05 Å². The zero-order valence-corrected chi connectivity index (χ0v) is 14.0. The van der Waals surface area contributed by atoms with E-state index in [-0.39, 0.29) is 36.3 Å². The Hall–Kier alpha value is -0.810. The molecule has 1 saturated carbocycles. The number of amides is 2. The molecule has 0 aromatic carbocycles. The summed E-state index contributed by atoms with van der Waals surface area (Å²) in [5.41, 5.74) is 0. The van der Waals surface area contributed by atoms with Crippen molar-refractivity contribution in [1.82, 2.24) is 15.5 Å². The van der Waals surface area contributed by atoms with Crippen molar-refractivity contribution in [3.63, 3.8) is 0 Å². The molecule has 0 unspecified atom stereocenters.